The van der Waals surface area contributed by atoms with E-state index in [1.54, 1.807) is 35.2 Å². The predicted molar refractivity (Wildman–Crippen MR) is 98.2 cm³/mol. The van der Waals surface area contributed by atoms with E-state index in [1.807, 2.05) is 18.2 Å². The standard InChI is InChI=1S/C20H19N3O3/c24-18-9-5-4-8-16(18)17-14-19(26-21-17)20(25)23-12-10-22(11-13-23)15-6-2-1-3-7-15/h1-9,14,24H,10-13H2. The predicted octanol–water partition coefficient (Wildman–Crippen LogP) is 3.01. The lowest BCUT2D eigenvalue weighted by Crippen LogP contribution is -2.48. The van der Waals surface area contributed by atoms with E-state index in [0.717, 1.165) is 13.1 Å². The Morgan fingerprint density at radius 1 is 0.962 bits per heavy atom. The number of phenolic OH excluding ortho intramolecular Hbond substituents is 1. The zero-order chi connectivity index (χ0) is 17.9. The zero-order valence-electron chi connectivity index (χ0n) is 14.2. The van der Waals surface area contributed by atoms with Crippen LogP contribution in [-0.2, 0) is 0 Å². The molecule has 0 spiro atoms. The average molecular weight is 349 g/mol. The van der Waals surface area contributed by atoms with Crippen LogP contribution in [0, 0.1) is 0 Å². The molecule has 1 saturated heterocycles. The number of benzene rings is 2. The van der Waals surface area contributed by atoms with Crippen molar-refractivity contribution in [2.75, 3.05) is 31.1 Å². The van der Waals surface area contributed by atoms with Crippen LogP contribution in [0.4, 0.5) is 5.69 Å². The normalized spacial score (nSPS) is 14.5. The lowest BCUT2D eigenvalue weighted by molar-refractivity contribution is 0.0705. The first-order chi connectivity index (χ1) is 12.7. The van der Waals surface area contributed by atoms with Gasteiger partial charge in [-0.3, -0.25) is 4.79 Å². The van der Waals surface area contributed by atoms with Crippen LogP contribution in [0.15, 0.2) is 65.2 Å². The van der Waals surface area contributed by atoms with Gasteiger partial charge in [-0.2, -0.15) is 0 Å². The highest BCUT2D eigenvalue weighted by atomic mass is 16.5. The average Bonchev–Trinajstić information content (AvgIpc) is 3.18. The van der Waals surface area contributed by atoms with Crippen molar-refractivity contribution in [1.29, 1.82) is 0 Å². The van der Waals surface area contributed by atoms with E-state index >= 15 is 0 Å². The second-order valence-corrected chi connectivity index (χ2v) is 6.21. The molecule has 0 unspecified atom stereocenters. The number of carbonyl (C=O) groups excluding carboxylic acids is 1. The van der Waals surface area contributed by atoms with Crippen molar-refractivity contribution in [3.63, 3.8) is 0 Å². The molecule has 0 atom stereocenters. The van der Waals surface area contributed by atoms with Crippen molar-refractivity contribution < 1.29 is 14.4 Å². The van der Waals surface area contributed by atoms with Crippen LogP contribution in [0.5, 0.6) is 5.75 Å². The Hall–Kier alpha value is -3.28. The summed E-state index contributed by atoms with van der Waals surface area (Å²) in [4.78, 5) is 16.7. The molecule has 1 fully saturated rings. The molecule has 1 aliphatic heterocycles. The number of rotatable bonds is 3. The largest absolute Gasteiger partial charge is 0.507 e. The van der Waals surface area contributed by atoms with Gasteiger partial charge in [0.2, 0.25) is 5.76 Å². The number of hydrogen-bond donors (Lipinski definition) is 1. The SMILES string of the molecule is O=C(c1cc(-c2ccccc2O)no1)N1CCN(c2ccccc2)CC1. The van der Waals surface area contributed by atoms with E-state index in [9.17, 15) is 9.90 Å². The Morgan fingerprint density at radius 3 is 2.38 bits per heavy atom. The number of aromatic hydroxyl groups is 1. The number of anilines is 1. The minimum absolute atomic E-state index is 0.108. The van der Waals surface area contributed by atoms with Gasteiger partial charge in [0.15, 0.2) is 0 Å². The summed E-state index contributed by atoms with van der Waals surface area (Å²) in [7, 11) is 0. The van der Waals surface area contributed by atoms with Crippen LogP contribution in [0.25, 0.3) is 11.3 Å². The maximum atomic E-state index is 12.7. The third-order valence-electron chi connectivity index (χ3n) is 4.59. The first kappa shape index (κ1) is 16.2. The second kappa shape index (κ2) is 6.92. The number of phenols is 1. The fourth-order valence-electron chi connectivity index (χ4n) is 3.16. The molecule has 0 bridgehead atoms. The molecule has 6 nitrogen and oxygen atoms in total. The second-order valence-electron chi connectivity index (χ2n) is 6.21. The summed E-state index contributed by atoms with van der Waals surface area (Å²) in [5, 5.41) is 13.8. The Balaban J connectivity index is 1.44. The number of amides is 1. The highest BCUT2D eigenvalue weighted by Gasteiger charge is 2.25. The molecule has 0 saturated carbocycles. The van der Waals surface area contributed by atoms with Crippen molar-refractivity contribution in [2.45, 2.75) is 0 Å². The van der Waals surface area contributed by atoms with Crippen LogP contribution in [0.3, 0.4) is 0 Å². The number of carbonyl (C=O) groups is 1. The summed E-state index contributed by atoms with van der Waals surface area (Å²) in [6.07, 6.45) is 0. The van der Waals surface area contributed by atoms with E-state index in [0.29, 0.717) is 24.3 Å². The maximum Gasteiger partial charge on any atom is 0.292 e. The summed E-state index contributed by atoms with van der Waals surface area (Å²) < 4.78 is 5.23. The summed E-state index contributed by atoms with van der Waals surface area (Å²) in [5.74, 6) is 0.125. The smallest absolute Gasteiger partial charge is 0.292 e. The van der Waals surface area contributed by atoms with Crippen LogP contribution >= 0.6 is 0 Å². The lowest BCUT2D eigenvalue weighted by Gasteiger charge is -2.35. The first-order valence-corrected chi connectivity index (χ1v) is 8.57. The molecule has 26 heavy (non-hydrogen) atoms. The van der Waals surface area contributed by atoms with Gasteiger partial charge in [-0.05, 0) is 24.3 Å². The van der Waals surface area contributed by atoms with E-state index < -0.39 is 0 Å². The zero-order valence-corrected chi connectivity index (χ0v) is 14.2. The minimum atomic E-state index is -0.174. The first-order valence-electron chi connectivity index (χ1n) is 8.57. The molecule has 132 valence electrons. The Labute approximate surface area is 151 Å². The number of para-hydroxylation sites is 2. The van der Waals surface area contributed by atoms with E-state index in [1.165, 1.54) is 5.69 Å². The van der Waals surface area contributed by atoms with E-state index in [4.69, 9.17) is 4.52 Å². The van der Waals surface area contributed by atoms with E-state index in [2.05, 4.69) is 22.2 Å². The maximum absolute atomic E-state index is 12.7. The molecule has 0 aliphatic carbocycles. The molecule has 1 aromatic heterocycles. The van der Waals surface area contributed by atoms with Gasteiger partial charge in [-0.25, -0.2) is 0 Å². The van der Waals surface area contributed by atoms with Crippen LogP contribution in [-0.4, -0.2) is 47.2 Å². The molecule has 1 N–H and O–H groups in total. The molecule has 3 aromatic rings. The van der Waals surface area contributed by atoms with Crippen LogP contribution in [0.1, 0.15) is 10.6 Å². The van der Waals surface area contributed by atoms with Crippen molar-refractivity contribution in [2.24, 2.45) is 0 Å². The quantitative estimate of drug-likeness (QED) is 0.787. The summed E-state index contributed by atoms with van der Waals surface area (Å²) in [6, 6.07) is 18.6. The number of piperazine rings is 1. The van der Waals surface area contributed by atoms with Crippen molar-refractivity contribution in [1.82, 2.24) is 10.1 Å². The van der Waals surface area contributed by atoms with Gasteiger partial charge in [0, 0.05) is 43.5 Å². The molecular weight excluding hydrogens is 330 g/mol. The van der Waals surface area contributed by atoms with Crippen molar-refractivity contribution >= 4 is 11.6 Å². The third kappa shape index (κ3) is 3.13. The van der Waals surface area contributed by atoms with Gasteiger partial charge < -0.3 is 19.4 Å². The van der Waals surface area contributed by atoms with Gasteiger partial charge in [-0.15, -0.1) is 0 Å². The molecule has 2 aromatic carbocycles. The number of nitrogens with zero attached hydrogens (tertiary/aromatic N) is 3. The monoisotopic (exact) mass is 349 g/mol. The van der Waals surface area contributed by atoms with Gasteiger partial charge >= 0.3 is 0 Å². The number of aromatic nitrogens is 1. The highest BCUT2D eigenvalue weighted by Crippen LogP contribution is 2.28. The summed E-state index contributed by atoms with van der Waals surface area (Å²) in [5.41, 5.74) is 2.17. The highest BCUT2D eigenvalue weighted by molar-refractivity contribution is 5.92. The Bertz CT molecular complexity index is 899. The van der Waals surface area contributed by atoms with Gasteiger partial charge in [0.25, 0.3) is 5.91 Å². The molecular formula is C20H19N3O3. The third-order valence-corrected chi connectivity index (χ3v) is 4.59. The Kier molecular flexibility index (Phi) is 4.31. The van der Waals surface area contributed by atoms with Gasteiger partial charge in [0.1, 0.15) is 11.4 Å². The van der Waals surface area contributed by atoms with Crippen LogP contribution < -0.4 is 4.90 Å². The molecule has 6 heteroatoms. The van der Waals surface area contributed by atoms with Crippen molar-refractivity contribution in [3.05, 3.63) is 66.4 Å². The van der Waals surface area contributed by atoms with Crippen LogP contribution in [0.2, 0.25) is 0 Å². The molecule has 4 rings (SSSR count). The topological polar surface area (TPSA) is 69.8 Å². The number of hydrogen-bond acceptors (Lipinski definition) is 5. The molecule has 0 radical (unpaired) electrons. The van der Waals surface area contributed by atoms with Crippen molar-refractivity contribution in [3.8, 4) is 17.0 Å². The summed E-state index contributed by atoms with van der Waals surface area (Å²) in [6.45, 7) is 2.80. The van der Waals surface area contributed by atoms with E-state index in [-0.39, 0.29) is 17.4 Å². The summed E-state index contributed by atoms with van der Waals surface area (Å²) >= 11 is 0. The Morgan fingerprint density at radius 2 is 1.65 bits per heavy atom. The lowest BCUT2D eigenvalue weighted by atomic mass is 10.1. The fourth-order valence-corrected chi connectivity index (χ4v) is 3.16. The van der Waals surface area contributed by atoms with Gasteiger partial charge in [0.05, 0.1) is 0 Å². The molecule has 2 heterocycles. The minimum Gasteiger partial charge on any atom is -0.507 e. The molecule has 1 amide bonds. The molecule has 1 aliphatic rings. The fraction of sp³-hybridized carbons (Fsp3) is 0.200. The van der Waals surface area contributed by atoms with Gasteiger partial charge in [-0.1, -0.05) is 35.5 Å².